The van der Waals surface area contributed by atoms with E-state index in [2.05, 4.69) is 242 Å². The fourth-order valence-electron chi connectivity index (χ4n) is 10.3. The second kappa shape index (κ2) is 13.7. The highest BCUT2D eigenvalue weighted by molar-refractivity contribution is 6.17. The minimum atomic E-state index is -0.125. The Morgan fingerprint density at radius 1 is 0.393 bits per heavy atom. The molecule has 2 heteroatoms. The van der Waals surface area contributed by atoms with E-state index in [1.165, 1.54) is 87.9 Å². The third-order valence-corrected chi connectivity index (χ3v) is 13.2. The molecule has 1 aromatic heterocycles. The maximum Gasteiger partial charge on any atom is 0.0562 e. The van der Waals surface area contributed by atoms with Gasteiger partial charge in [-0.3, -0.25) is 0 Å². The number of hydrogen-bond donors (Lipinski definition) is 0. The number of hydrogen-bond acceptors (Lipinski definition) is 1. The topological polar surface area (TPSA) is 8.17 Å². The SMILES string of the molecule is CC1(C)c2ccc(N(c3ccc(-c4cccc5cccc(-c6ccccc6)c45)cc3)c3cccc4c3c3ccccc3n4-c3ccccc3)cc2-c2c1ccc1ccccc21. The van der Waals surface area contributed by atoms with Crippen LogP contribution >= 0.6 is 0 Å². The summed E-state index contributed by atoms with van der Waals surface area (Å²) in [5.74, 6) is 0. The molecule has 0 fully saturated rings. The molecule has 1 heterocycles. The number of anilines is 3. The lowest BCUT2D eigenvalue weighted by molar-refractivity contribution is 0.661. The molecular weight excluding hydrogens is 737 g/mol. The molecule has 288 valence electrons. The molecule has 0 saturated heterocycles. The number of aromatic nitrogens is 1. The van der Waals surface area contributed by atoms with Gasteiger partial charge in [-0.05, 0) is 121 Å². The number of fused-ring (bicyclic) bond motifs is 9. The van der Waals surface area contributed by atoms with Gasteiger partial charge in [-0.15, -0.1) is 0 Å². The predicted octanol–water partition coefficient (Wildman–Crippen LogP) is 16.2. The van der Waals surface area contributed by atoms with Gasteiger partial charge in [0.25, 0.3) is 0 Å². The van der Waals surface area contributed by atoms with Crippen LogP contribution in [0.2, 0.25) is 0 Å². The lowest BCUT2D eigenvalue weighted by atomic mass is 9.82. The number of para-hydroxylation sites is 2. The Hall–Kier alpha value is -7.68. The maximum atomic E-state index is 2.49. The third-order valence-electron chi connectivity index (χ3n) is 13.2. The summed E-state index contributed by atoms with van der Waals surface area (Å²) in [6.45, 7) is 4.75. The Labute approximate surface area is 356 Å². The highest BCUT2D eigenvalue weighted by Crippen LogP contribution is 2.54. The molecule has 11 aromatic rings. The Bertz CT molecular complexity index is 3480. The van der Waals surface area contributed by atoms with E-state index < -0.39 is 0 Å². The van der Waals surface area contributed by atoms with E-state index in [4.69, 9.17) is 0 Å². The van der Waals surface area contributed by atoms with Crippen LogP contribution in [-0.2, 0) is 5.41 Å². The molecule has 1 aliphatic rings. The molecule has 0 saturated carbocycles. The zero-order valence-corrected chi connectivity index (χ0v) is 34.2. The zero-order valence-electron chi connectivity index (χ0n) is 34.2. The molecule has 0 atom stereocenters. The van der Waals surface area contributed by atoms with Gasteiger partial charge in [-0.25, -0.2) is 0 Å². The van der Waals surface area contributed by atoms with Crippen molar-refractivity contribution in [3.05, 3.63) is 230 Å². The smallest absolute Gasteiger partial charge is 0.0562 e. The van der Waals surface area contributed by atoms with Crippen molar-refractivity contribution in [2.24, 2.45) is 0 Å². The fourth-order valence-corrected chi connectivity index (χ4v) is 10.3. The normalized spacial score (nSPS) is 12.9. The van der Waals surface area contributed by atoms with Crippen LogP contribution in [0, 0.1) is 0 Å². The van der Waals surface area contributed by atoms with Crippen LogP contribution in [0.15, 0.2) is 218 Å². The Morgan fingerprint density at radius 2 is 0.984 bits per heavy atom. The zero-order chi connectivity index (χ0) is 40.7. The van der Waals surface area contributed by atoms with Crippen molar-refractivity contribution in [1.29, 1.82) is 0 Å². The number of benzene rings is 10. The molecule has 0 radical (unpaired) electrons. The van der Waals surface area contributed by atoms with E-state index in [0.29, 0.717) is 0 Å². The third kappa shape index (κ3) is 5.42. The highest BCUT2D eigenvalue weighted by Gasteiger charge is 2.37. The molecule has 2 nitrogen and oxygen atoms in total. The van der Waals surface area contributed by atoms with Crippen molar-refractivity contribution in [3.8, 4) is 39.1 Å². The first-order valence-electron chi connectivity index (χ1n) is 21.3. The second-order valence-corrected chi connectivity index (χ2v) is 16.9. The van der Waals surface area contributed by atoms with Crippen LogP contribution in [-0.4, -0.2) is 4.57 Å². The average molecular weight is 779 g/mol. The molecule has 10 aromatic carbocycles. The van der Waals surface area contributed by atoms with Gasteiger partial charge in [-0.2, -0.15) is 0 Å². The first-order valence-corrected chi connectivity index (χ1v) is 21.3. The Morgan fingerprint density at radius 3 is 1.75 bits per heavy atom. The molecule has 1 aliphatic carbocycles. The van der Waals surface area contributed by atoms with Crippen LogP contribution in [0.4, 0.5) is 17.1 Å². The summed E-state index contributed by atoms with van der Waals surface area (Å²) in [6, 6.07) is 80.4. The lowest BCUT2D eigenvalue weighted by Crippen LogP contribution is -2.15. The molecule has 61 heavy (non-hydrogen) atoms. The van der Waals surface area contributed by atoms with Crippen LogP contribution in [0.5, 0.6) is 0 Å². The first-order chi connectivity index (χ1) is 30.0. The van der Waals surface area contributed by atoms with Crippen LogP contribution in [0.1, 0.15) is 25.0 Å². The van der Waals surface area contributed by atoms with E-state index in [0.717, 1.165) is 22.7 Å². The number of rotatable bonds is 6. The minimum absolute atomic E-state index is 0.125. The van der Waals surface area contributed by atoms with Crippen LogP contribution in [0.3, 0.4) is 0 Å². The average Bonchev–Trinajstić information content (AvgIpc) is 3.78. The summed E-state index contributed by atoms with van der Waals surface area (Å²) < 4.78 is 2.41. The van der Waals surface area contributed by atoms with Crippen molar-refractivity contribution in [3.63, 3.8) is 0 Å². The Kier molecular flexibility index (Phi) is 7.92. The molecule has 0 amide bonds. The van der Waals surface area contributed by atoms with Crippen molar-refractivity contribution >= 4 is 60.4 Å². The van der Waals surface area contributed by atoms with Gasteiger partial charge in [0.15, 0.2) is 0 Å². The lowest BCUT2D eigenvalue weighted by Gasteiger charge is -2.28. The van der Waals surface area contributed by atoms with Gasteiger partial charge in [0.2, 0.25) is 0 Å². The van der Waals surface area contributed by atoms with Crippen molar-refractivity contribution in [2.75, 3.05) is 4.90 Å². The molecule has 0 aliphatic heterocycles. The minimum Gasteiger partial charge on any atom is -0.310 e. The monoisotopic (exact) mass is 778 g/mol. The van der Waals surface area contributed by atoms with Crippen LogP contribution in [0.25, 0.3) is 82.4 Å². The van der Waals surface area contributed by atoms with E-state index >= 15 is 0 Å². The summed E-state index contributed by atoms with van der Waals surface area (Å²) in [4.78, 5) is 2.49. The Balaban J connectivity index is 1.10. The van der Waals surface area contributed by atoms with E-state index in [1.54, 1.807) is 0 Å². The standard InChI is InChI=1S/C59H42N2/c1-59(2)51-37-35-45(38-50(51)57-48-23-10-9-18-40(48)32-36-52(57)59)60(54-28-15-29-55-58(54)49-24-11-12-27-53(49)61(55)43-21-7-4-8-22-43)44-33-30-41(31-34-44)47-26-14-20-42-19-13-25-46(56(42)47)39-16-5-3-6-17-39/h3-38H,1-2H3. The van der Waals surface area contributed by atoms with Crippen LogP contribution < -0.4 is 4.90 Å². The van der Waals surface area contributed by atoms with Gasteiger partial charge in [0, 0.05) is 33.2 Å². The van der Waals surface area contributed by atoms with Crippen molar-refractivity contribution in [1.82, 2.24) is 4.57 Å². The maximum absolute atomic E-state index is 2.49. The summed E-state index contributed by atoms with van der Waals surface area (Å²) in [7, 11) is 0. The largest absolute Gasteiger partial charge is 0.310 e. The summed E-state index contributed by atoms with van der Waals surface area (Å²) >= 11 is 0. The second-order valence-electron chi connectivity index (χ2n) is 16.9. The van der Waals surface area contributed by atoms with Gasteiger partial charge in [0.05, 0.1) is 16.7 Å². The summed E-state index contributed by atoms with van der Waals surface area (Å²) in [5.41, 5.74) is 17.0. The number of nitrogens with zero attached hydrogens (tertiary/aromatic N) is 2. The molecule has 0 bridgehead atoms. The van der Waals surface area contributed by atoms with Crippen molar-refractivity contribution in [2.45, 2.75) is 19.3 Å². The van der Waals surface area contributed by atoms with E-state index in [-0.39, 0.29) is 5.41 Å². The molecule has 0 N–H and O–H groups in total. The van der Waals surface area contributed by atoms with Gasteiger partial charge in [-0.1, -0.05) is 178 Å². The molecule has 0 unspecified atom stereocenters. The first kappa shape index (κ1) is 35.3. The van der Waals surface area contributed by atoms with E-state index in [1.807, 2.05) is 0 Å². The molecule has 12 rings (SSSR count). The van der Waals surface area contributed by atoms with E-state index in [9.17, 15) is 0 Å². The van der Waals surface area contributed by atoms with Crippen molar-refractivity contribution < 1.29 is 0 Å². The summed E-state index contributed by atoms with van der Waals surface area (Å²) in [5, 5.41) is 7.52. The summed E-state index contributed by atoms with van der Waals surface area (Å²) in [6.07, 6.45) is 0. The predicted molar refractivity (Wildman–Crippen MR) is 259 cm³/mol. The highest BCUT2D eigenvalue weighted by atomic mass is 15.1. The fraction of sp³-hybridized carbons (Fsp3) is 0.0508. The molecule has 0 spiro atoms. The van der Waals surface area contributed by atoms with Gasteiger partial charge >= 0.3 is 0 Å². The molecular formula is C59H42N2. The van der Waals surface area contributed by atoms with Gasteiger partial charge in [0.1, 0.15) is 0 Å². The quantitative estimate of drug-likeness (QED) is 0.163. The van der Waals surface area contributed by atoms with Gasteiger partial charge < -0.3 is 9.47 Å².